The molecule has 0 heterocycles. The molecule has 1 amide bonds. The zero-order valence-electron chi connectivity index (χ0n) is 10.7. The zero-order valence-corrected chi connectivity index (χ0v) is 10.7. The number of carbonyl (C=O) groups is 2. The van der Waals surface area contributed by atoms with Crippen molar-refractivity contribution in [1.82, 2.24) is 5.32 Å². The number of nitrogens with one attached hydrogen (secondary N) is 1. The van der Waals surface area contributed by atoms with E-state index in [1.165, 1.54) is 0 Å². The van der Waals surface area contributed by atoms with Crippen molar-refractivity contribution >= 4 is 12.1 Å². The molecule has 98 valence electrons. The normalized spacial score (nSPS) is 18.8. The molecule has 1 aliphatic rings. The lowest BCUT2D eigenvalue weighted by atomic mass is 9.77. The average Bonchev–Trinajstić information content (AvgIpc) is 2.23. The fraction of sp³-hybridized carbons (Fsp3) is 0.833. The third-order valence-electron chi connectivity index (χ3n) is 3.10. The van der Waals surface area contributed by atoms with E-state index in [4.69, 9.17) is 9.47 Å². The summed E-state index contributed by atoms with van der Waals surface area (Å²) in [5, 5.41) is 2.64. The first-order valence-electron chi connectivity index (χ1n) is 6.20. The number of amides is 1. The highest BCUT2D eigenvalue weighted by atomic mass is 16.6. The molecular weight excluding hydrogens is 222 g/mol. The van der Waals surface area contributed by atoms with Crippen molar-refractivity contribution in [3.05, 3.63) is 0 Å². The lowest BCUT2D eigenvalue weighted by Crippen LogP contribution is -2.60. The van der Waals surface area contributed by atoms with Crippen molar-refractivity contribution in [3.63, 3.8) is 0 Å². The predicted octanol–water partition coefficient (Wildman–Crippen LogP) is 2.00. The lowest BCUT2D eigenvalue weighted by Gasteiger charge is -2.39. The highest BCUT2D eigenvalue weighted by molar-refractivity contribution is 5.86. The van der Waals surface area contributed by atoms with Crippen LogP contribution in [0.25, 0.3) is 0 Å². The summed E-state index contributed by atoms with van der Waals surface area (Å²) < 4.78 is 10.1. The molecule has 1 saturated carbocycles. The maximum absolute atomic E-state index is 11.7. The minimum Gasteiger partial charge on any atom is -0.464 e. The second kappa shape index (κ2) is 5.89. The standard InChI is InChI=1S/C12H21NO4/c1-4-9(3)17-11(15)13-12(7-6-8-12)10(14)16-5-2/h9H,4-8H2,1-3H3,(H,13,15). The molecule has 5 heteroatoms. The summed E-state index contributed by atoms with van der Waals surface area (Å²) in [7, 11) is 0. The van der Waals surface area contributed by atoms with Crippen LogP contribution in [0.5, 0.6) is 0 Å². The van der Waals surface area contributed by atoms with Gasteiger partial charge in [0.25, 0.3) is 0 Å². The van der Waals surface area contributed by atoms with Gasteiger partial charge in [0, 0.05) is 0 Å². The zero-order chi connectivity index (χ0) is 12.9. The van der Waals surface area contributed by atoms with E-state index in [9.17, 15) is 9.59 Å². The number of esters is 1. The first-order chi connectivity index (χ1) is 8.04. The Hall–Kier alpha value is -1.26. The van der Waals surface area contributed by atoms with Gasteiger partial charge in [-0.2, -0.15) is 0 Å². The van der Waals surface area contributed by atoms with Gasteiger partial charge in [-0.3, -0.25) is 0 Å². The summed E-state index contributed by atoms with van der Waals surface area (Å²) in [6, 6.07) is 0. The Balaban J connectivity index is 2.51. The molecule has 0 radical (unpaired) electrons. The van der Waals surface area contributed by atoms with E-state index < -0.39 is 11.6 Å². The van der Waals surface area contributed by atoms with Crippen LogP contribution in [0, 0.1) is 0 Å². The second-order valence-electron chi connectivity index (χ2n) is 4.41. The van der Waals surface area contributed by atoms with Crippen LogP contribution in [-0.4, -0.2) is 30.3 Å². The summed E-state index contributed by atoms with van der Waals surface area (Å²) >= 11 is 0. The molecule has 0 aliphatic heterocycles. The smallest absolute Gasteiger partial charge is 0.408 e. The third-order valence-corrected chi connectivity index (χ3v) is 3.10. The monoisotopic (exact) mass is 243 g/mol. The predicted molar refractivity (Wildman–Crippen MR) is 62.6 cm³/mol. The summed E-state index contributed by atoms with van der Waals surface area (Å²) in [6.45, 7) is 5.82. The Morgan fingerprint density at radius 2 is 2.00 bits per heavy atom. The van der Waals surface area contributed by atoms with Gasteiger partial charge in [0.15, 0.2) is 0 Å². The first kappa shape index (κ1) is 13.8. The molecule has 0 saturated heterocycles. The minimum absolute atomic E-state index is 0.144. The Morgan fingerprint density at radius 3 is 2.41 bits per heavy atom. The van der Waals surface area contributed by atoms with Crippen LogP contribution < -0.4 is 5.32 Å². The van der Waals surface area contributed by atoms with Crippen molar-refractivity contribution in [1.29, 1.82) is 0 Å². The van der Waals surface area contributed by atoms with Crippen molar-refractivity contribution in [2.45, 2.75) is 58.1 Å². The van der Waals surface area contributed by atoms with E-state index in [1.807, 2.05) is 13.8 Å². The van der Waals surface area contributed by atoms with E-state index in [0.717, 1.165) is 12.8 Å². The summed E-state index contributed by atoms with van der Waals surface area (Å²) in [5.74, 6) is -0.354. The highest BCUT2D eigenvalue weighted by Gasteiger charge is 2.47. The van der Waals surface area contributed by atoms with E-state index in [-0.39, 0.29) is 12.1 Å². The molecular formula is C12H21NO4. The molecule has 5 nitrogen and oxygen atoms in total. The van der Waals surface area contributed by atoms with E-state index in [0.29, 0.717) is 19.4 Å². The molecule has 0 aromatic carbocycles. The van der Waals surface area contributed by atoms with Gasteiger partial charge in [0.05, 0.1) is 6.61 Å². The lowest BCUT2D eigenvalue weighted by molar-refractivity contribution is -0.155. The molecule has 1 rings (SSSR count). The third kappa shape index (κ3) is 3.35. The topological polar surface area (TPSA) is 64.6 Å². The van der Waals surface area contributed by atoms with Crippen molar-refractivity contribution < 1.29 is 19.1 Å². The largest absolute Gasteiger partial charge is 0.464 e. The van der Waals surface area contributed by atoms with Gasteiger partial charge < -0.3 is 14.8 Å². The van der Waals surface area contributed by atoms with E-state index in [2.05, 4.69) is 5.32 Å². The second-order valence-corrected chi connectivity index (χ2v) is 4.41. The number of alkyl carbamates (subject to hydrolysis) is 1. The van der Waals surface area contributed by atoms with Crippen molar-refractivity contribution in [3.8, 4) is 0 Å². The molecule has 1 unspecified atom stereocenters. The van der Waals surface area contributed by atoms with Crippen molar-refractivity contribution in [2.75, 3.05) is 6.61 Å². The molecule has 1 atom stereocenters. The maximum Gasteiger partial charge on any atom is 0.408 e. The number of hydrogen-bond donors (Lipinski definition) is 1. The van der Waals surface area contributed by atoms with Crippen LogP contribution in [0.1, 0.15) is 46.5 Å². The number of ether oxygens (including phenoxy) is 2. The number of carbonyl (C=O) groups excluding carboxylic acids is 2. The van der Waals surface area contributed by atoms with Crippen LogP contribution in [0.15, 0.2) is 0 Å². The first-order valence-corrected chi connectivity index (χ1v) is 6.20. The van der Waals surface area contributed by atoms with Gasteiger partial charge in [-0.25, -0.2) is 9.59 Å². The van der Waals surface area contributed by atoms with Crippen LogP contribution in [0.4, 0.5) is 4.79 Å². The molecule has 1 aliphatic carbocycles. The molecule has 1 fully saturated rings. The quantitative estimate of drug-likeness (QED) is 0.750. The maximum atomic E-state index is 11.7. The Kier molecular flexibility index (Phi) is 4.78. The van der Waals surface area contributed by atoms with Gasteiger partial charge >= 0.3 is 12.1 Å². The Bertz CT molecular complexity index is 286. The summed E-state index contributed by atoms with van der Waals surface area (Å²) in [6.07, 6.45) is 2.24. The van der Waals surface area contributed by atoms with Gasteiger partial charge in [0.2, 0.25) is 0 Å². The number of hydrogen-bond acceptors (Lipinski definition) is 4. The van der Waals surface area contributed by atoms with Crippen LogP contribution in [0.2, 0.25) is 0 Å². The fourth-order valence-corrected chi connectivity index (χ4v) is 1.67. The van der Waals surface area contributed by atoms with Crippen LogP contribution in [0.3, 0.4) is 0 Å². The van der Waals surface area contributed by atoms with Crippen LogP contribution in [-0.2, 0) is 14.3 Å². The Morgan fingerprint density at radius 1 is 1.35 bits per heavy atom. The van der Waals surface area contributed by atoms with Gasteiger partial charge in [-0.1, -0.05) is 6.92 Å². The molecule has 1 N–H and O–H groups in total. The fourth-order valence-electron chi connectivity index (χ4n) is 1.67. The molecule has 0 aromatic rings. The average molecular weight is 243 g/mol. The SMILES string of the molecule is CCOC(=O)C1(NC(=O)OC(C)CC)CCC1. The van der Waals surface area contributed by atoms with E-state index in [1.54, 1.807) is 6.92 Å². The minimum atomic E-state index is -0.847. The van der Waals surface area contributed by atoms with Gasteiger partial charge in [-0.15, -0.1) is 0 Å². The molecule has 0 bridgehead atoms. The van der Waals surface area contributed by atoms with Gasteiger partial charge in [-0.05, 0) is 39.5 Å². The molecule has 0 spiro atoms. The molecule has 17 heavy (non-hydrogen) atoms. The molecule has 0 aromatic heterocycles. The Labute approximate surface area is 102 Å². The highest BCUT2D eigenvalue weighted by Crippen LogP contribution is 2.33. The van der Waals surface area contributed by atoms with Gasteiger partial charge in [0.1, 0.15) is 11.6 Å². The number of rotatable bonds is 5. The summed E-state index contributed by atoms with van der Waals surface area (Å²) in [5.41, 5.74) is -0.847. The summed E-state index contributed by atoms with van der Waals surface area (Å²) in [4.78, 5) is 23.3. The van der Waals surface area contributed by atoms with Crippen molar-refractivity contribution in [2.24, 2.45) is 0 Å². The van der Waals surface area contributed by atoms with E-state index >= 15 is 0 Å². The van der Waals surface area contributed by atoms with Crippen LogP contribution >= 0.6 is 0 Å².